The molecule has 1 fully saturated rings. The van der Waals surface area contributed by atoms with Gasteiger partial charge in [-0.2, -0.15) is 0 Å². The quantitative estimate of drug-likeness (QED) is 0.200. The number of nitrogens with zero attached hydrogens (tertiary/aromatic N) is 2. The van der Waals surface area contributed by atoms with Crippen molar-refractivity contribution in [1.82, 2.24) is 0 Å². The van der Waals surface area contributed by atoms with E-state index in [-0.39, 0.29) is 16.7 Å². The topological polar surface area (TPSA) is 79.3 Å². The highest BCUT2D eigenvalue weighted by atomic mass is 16.5. The number of rotatable bonds is 8. The van der Waals surface area contributed by atoms with Gasteiger partial charge < -0.3 is 19.5 Å². The minimum atomic E-state index is -0.821. The fraction of sp³-hybridized carbons (Fsp3) is 0.333. The number of ether oxygens (including phenoxy) is 2. The van der Waals surface area contributed by atoms with Crippen LogP contribution < -0.4 is 19.3 Å². The highest BCUT2D eigenvalue weighted by molar-refractivity contribution is 6.51. The van der Waals surface area contributed by atoms with Gasteiger partial charge in [0.25, 0.3) is 11.7 Å². The molecule has 0 radical (unpaired) electrons. The van der Waals surface area contributed by atoms with Gasteiger partial charge in [0.1, 0.15) is 17.3 Å². The lowest BCUT2D eigenvalue weighted by atomic mass is 9.84. The van der Waals surface area contributed by atoms with Crippen molar-refractivity contribution in [2.45, 2.75) is 46.1 Å². The summed E-state index contributed by atoms with van der Waals surface area (Å²) in [5, 5.41) is 11.7. The third-order valence-electron chi connectivity index (χ3n) is 6.96. The maximum atomic E-state index is 13.6. The molecule has 0 aliphatic carbocycles. The van der Waals surface area contributed by atoms with Crippen LogP contribution in [0.4, 0.5) is 11.4 Å². The molecule has 1 atom stereocenters. The van der Waals surface area contributed by atoms with Crippen LogP contribution in [0.15, 0.2) is 72.3 Å². The first-order valence-electron chi connectivity index (χ1n) is 13.6. The molecule has 1 aliphatic heterocycles. The molecular formula is C33H38N2O5. The van der Waals surface area contributed by atoms with Crippen molar-refractivity contribution in [3.05, 3.63) is 89.0 Å². The first kappa shape index (κ1) is 28.7. The number of hydrogen-bond acceptors (Lipinski definition) is 6. The first-order chi connectivity index (χ1) is 19.0. The van der Waals surface area contributed by atoms with Gasteiger partial charge in [-0.15, -0.1) is 0 Å². The van der Waals surface area contributed by atoms with Crippen molar-refractivity contribution in [1.29, 1.82) is 0 Å². The Kier molecular flexibility index (Phi) is 8.24. The predicted octanol–water partition coefficient (Wildman–Crippen LogP) is 6.47. The first-order valence-corrected chi connectivity index (χ1v) is 13.6. The summed E-state index contributed by atoms with van der Waals surface area (Å²) in [5.74, 6) is -0.272. The van der Waals surface area contributed by atoms with Crippen molar-refractivity contribution in [3.8, 4) is 11.5 Å². The normalized spacial score (nSPS) is 16.8. The number of benzene rings is 3. The third kappa shape index (κ3) is 5.55. The number of amides is 1. The summed E-state index contributed by atoms with van der Waals surface area (Å²) < 4.78 is 11.4. The van der Waals surface area contributed by atoms with Crippen LogP contribution >= 0.6 is 0 Å². The number of Topliss-reactive ketones (excluding diaryl/α,β-unsaturated/α-hetero) is 1. The van der Waals surface area contributed by atoms with Gasteiger partial charge in [-0.1, -0.05) is 32.9 Å². The van der Waals surface area contributed by atoms with E-state index in [1.54, 1.807) is 30.3 Å². The molecule has 0 bridgehead atoms. The summed E-state index contributed by atoms with van der Waals surface area (Å²) >= 11 is 0. The van der Waals surface area contributed by atoms with Crippen LogP contribution in [-0.2, 0) is 15.0 Å². The van der Waals surface area contributed by atoms with Crippen molar-refractivity contribution in [2.24, 2.45) is 0 Å². The molecule has 1 aliphatic rings. The molecule has 0 saturated carbocycles. The summed E-state index contributed by atoms with van der Waals surface area (Å²) in [6.07, 6.45) is 0. The maximum Gasteiger partial charge on any atom is 0.300 e. The van der Waals surface area contributed by atoms with Gasteiger partial charge in [-0.05, 0) is 79.4 Å². The summed E-state index contributed by atoms with van der Waals surface area (Å²) in [7, 11) is 3.89. The van der Waals surface area contributed by atoms with Gasteiger partial charge in [0.15, 0.2) is 0 Å². The molecule has 0 aromatic heterocycles. The van der Waals surface area contributed by atoms with Crippen LogP contribution in [0.2, 0.25) is 0 Å². The smallest absolute Gasteiger partial charge is 0.300 e. The zero-order valence-electron chi connectivity index (χ0n) is 24.3. The fourth-order valence-corrected chi connectivity index (χ4v) is 4.94. The average Bonchev–Trinajstić information content (AvgIpc) is 3.19. The van der Waals surface area contributed by atoms with E-state index >= 15 is 0 Å². The minimum Gasteiger partial charge on any atom is -0.507 e. The second kappa shape index (κ2) is 11.5. The number of carbonyl (C=O) groups excluding carboxylic acids is 2. The molecule has 3 aromatic carbocycles. The van der Waals surface area contributed by atoms with Crippen LogP contribution in [0, 0.1) is 0 Å². The van der Waals surface area contributed by atoms with Crippen molar-refractivity contribution in [2.75, 3.05) is 37.1 Å². The zero-order chi connectivity index (χ0) is 29.2. The number of hydrogen-bond donors (Lipinski definition) is 1. The molecule has 3 aromatic rings. The Morgan fingerprint density at radius 1 is 0.900 bits per heavy atom. The Morgan fingerprint density at radius 3 is 2.08 bits per heavy atom. The Labute approximate surface area is 236 Å². The van der Waals surface area contributed by atoms with E-state index in [1.165, 1.54) is 4.90 Å². The van der Waals surface area contributed by atoms with Gasteiger partial charge >= 0.3 is 0 Å². The van der Waals surface area contributed by atoms with E-state index in [1.807, 2.05) is 69.2 Å². The number of ketones is 1. The molecule has 1 heterocycles. The predicted molar refractivity (Wildman–Crippen MR) is 159 cm³/mol. The van der Waals surface area contributed by atoms with E-state index in [9.17, 15) is 14.7 Å². The Balaban J connectivity index is 1.91. The zero-order valence-corrected chi connectivity index (χ0v) is 24.3. The van der Waals surface area contributed by atoms with Crippen molar-refractivity contribution >= 4 is 28.8 Å². The monoisotopic (exact) mass is 542 g/mol. The molecule has 210 valence electrons. The van der Waals surface area contributed by atoms with Gasteiger partial charge in [-0.3, -0.25) is 14.5 Å². The number of anilines is 2. The number of aliphatic hydroxyl groups excluding tert-OH is 1. The second-order valence-corrected chi connectivity index (χ2v) is 11.0. The van der Waals surface area contributed by atoms with E-state index in [0.29, 0.717) is 35.8 Å². The van der Waals surface area contributed by atoms with E-state index in [0.717, 1.165) is 17.0 Å². The summed E-state index contributed by atoms with van der Waals surface area (Å²) in [6, 6.07) is 19.3. The van der Waals surface area contributed by atoms with E-state index in [4.69, 9.17) is 9.47 Å². The van der Waals surface area contributed by atoms with Crippen LogP contribution in [0.3, 0.4) is 0 Å². The lowest BCUT2D eigenvalue weighted by molar-refractivity contribution is -0.132. The molecule has 1 saturated heterocycles. The molecule has 7 nitrogen and oxygen atoms in total. The minimum absolute atomic E-state index is 0.0421. The molecule has 1 N–H and O–H groups in total. The largest absolute Gasteiger partial charge is 0.507 e. The average molecular weight is 543 g/mol. The molecular weight excluding hydrogens is 504 g/mol. The molecule has 1 amide bonds. The summed E-state index contributed by atoms with van der Waals surface area (Å²) in [5.41, 5.74) is 3.33. The highest BCUT2D eigenvalue weighted by Crippen LogP contribution is 2.43. The van der Waals surface area contributed by atoms with Crippen molar-refractivity contribution < 1.29 is 24.2 Å². The van der Waals surface area contributed by atoms with E-state index in [2.05, 4.69) is 20.8 Å². The SMILES string of the molecule is CCOc1ccc(N2C(=O)C(=O)/C(=C(\O)c3ccc(OCC)c(C(C)(C)C)c3)C2c2ccc(N(C)C)cc2)cc1. The number of carbonyl (C=O) groups is 2. The Bertz CT molecular complexity index is 1420. The Hall–Kier alpha value is -4.26. The van der Waals surface area contributed by atoms with Crippen LogP contribution in [0.25, 0.3) is 5.76 Å². The molecule has 7 heteroatoms. The van der Waals surface area contributed by atoms with E-state index < -0.39 is 17.7 Å². The highest BCUT2D eigenvalue weighted by Gasteiger charge is 2.47. The van der Waals surface area contributed by atoms with Crippen LogP contribution in [0.5, 0.6) is 11.5 Å². The molecule has 40 heavy (non-hydrogen) atoms. The summed E-state index contributed by atoms with van der Waals surface area (Å²) in [4.78, 5) is 30.6. The number of aliphatic hydroxyl groups is 1. The third-order valence-corrected chi connectivity index (χ3v) is 6.96. The van der Waals surface area contributed by atoms with Crippen LogP contribution in [0.1, 0.15) is 57.4 Å². The summed E-state index contributed by atoms with van der Waals surface area (Å²) in [6.45, 7) is 11.0. The molecule has 4 rings (SSSR count). The Morgan fingerprint density at radius 2 is 1.52 bits per heavy atom. The second-order valence-electron chi connectivity index (χ2n) is 11.0. The van der Waals surface area contributed by atoms with Gasteiger partial charge in [0, 0.05) is 36.6 Å². The molecule has 1 unspecified atom stereocenters. The van der Waals surface area contributed by atoms with Gasteiger partial charge in [-0.25, -0.2) is 0 Å². The van der Waals surface area contributed by atoms with Crippen molar-refractivity contribution in [3.63, 3.8) is 0 Å². The fourth-order valence-electron chi connectivity index (χ4n) is 4.94. The maximum absolute atomic E-state index is 13.6. The van der Waals surface area contributed by atoms with Crippen LogP contribution in [-0.4, -0.2) is 44.1 Å². The van der Waals surface area contributed by atoms with Gasteiger partial charge in [0.05, 0.1) is 24.8 Å². The lowest BCUT2D eigenvalue weighted by Gasteiger charge is -2.26. The lowest BCUT2D eigenvalue weighted by Crippen LogP contribution is -2.29. The standard InChI is InChI=1S/C33H38N2O5/c1-8-39-25-17-15-24(16-18-25)35-29(21-10-13-23(14-11-21)34(6)7)28(31(37)32(35)38)30(36)22-12-19-27(40-9-2)26(20-22)33(3,4)5/h10-20,29,36H,8-9H2,1-7H3/b30-28-. The molecule has 0 spiro atoms. The van der Waals surface area contributed by atoms with Gasteiger partial charge in [0.2, 0.25) is 0 Å².